The van der Waals surface area contributed by atoms with Gasteiger partial charge in [-0.1, -0.05) is 61.9 Å². The van der Waals surface area contributed by atoms with E-state index in [2.05, 4.69) is 29.6 Å². The van der Waals surface area contributed by atoms with E-state index in [1.807, 2.05) is 31.2 Å². The van der Waals surface area contributed by atoms with Crippen LogP contribution in [0, 0.1) is 5.92 Å². The fourth-order valence-corrected chi connectivity index (χ4v) is 5.43. The van der Waals surface area contributed by atoms with Gasteiger partial charge < -0.3 is 20.1 Å². The van der Waals surface area contributed by atoms with Crippen molar-refractivity contribution in [3.63, 3.8) is 0 Å². The van der Waals surface area contributed by atoms with Crippen molar-refractivity contribution < 1.29 is 24.2 Å². The van der Waals surface area contributed by atoms with Crippen LogP contribution in [0.4, 0.5) is 4.79 Å². The predicted octanol–water partition coefficient (Wildman–Crippen LogP) is 4.80. The molecule has 1 fully saturated rings. The molecule has 2 atom stereocenters. The van der Waals surface area contributed by atoms with Gasteiger partial charge in [0.15, 0.2) is 0 Å². The van der Waals surface area contributed by atoms with Gasteiger partial charge in [0.25, 0.3) is 0 Å². The number of carbonyl (C=O) groups is 3. The lowest BCUT2D eigenvalue weighted by Gasteiger charge is -2.33. The second kappa shape index (κ2) is 11.4. The molecular weight excluding hydrogens is 444 g/mol. The fourth-order valence-electron chi connectivity index (χ4n) is 5.43. The second-order valence-corrected chi connectivity index (χ2v) is 9.61. The summed E-state index contributed by atoms with van der Waals surface area (Å²) in [5, 5.41) is 12.0. The largest absolute Gasteiger partial charge is 0.481 e. The molecule has 2 N–H and O–H groups in total. The van der Waals surface area contributed by atoms with Crippen LogP contribution in [0.15, 0.2) is 48.5 Å². The average molecular weight is 479 g/mol. The Kier molecular flexibility index (Phi) is 8.06. The first-order valence-electron chi connectivity index (χ1n) is 12.6. The number of piperidine rings is 1. The number of hydrogen-bond donors (Lipinski definition) is 2. The van der Waals surface area contributed by atoms with Crippen LogP contribution in [0.2, 0.25) is 0 Å². The highest BCUT2D eigenvalue weighted by Gasteiger charge is 2.30. The Morgan fingerprint density at radius 3 is 2.37 bits per heavy atom. The van der Waals surface area contributed by atoms with Crippen LogP contribution in [0.5, 0.6) is 0 Å². The molecule has 0 radical (unpaired) electrons. The molecule has 35 heavy (non-hydrogen) atoms. The smallest absolute Gasteiger partial charge is 0.407 e. The van der Waals surface area contributed by atoms with Gasteiger partial charge in [0.2, 0.25) is 5.91 Å². The molecule has 186 valence electrons. The summed E-state index contributed by atoms with van der Waals surface area (Å²) in [6.07, 6.45) is 2.89. The zero-order valence-corrected chi connectivity index (χ0v) is 20.2. The van der Waals surface area contributed by atoms with E-state index in [0.29, 0.717) is 19.5 Å². The van der Waals surface area contributed by atoms with Gasteiger partial charge in [-0.2, -0.15) is 0 Å². The molecule has 0 bridgehead atoms. The number of nitrogens with zero attached hydrogens (tertiary/aromatic N) is 1. The summed E-state index contributed by atoms with van der Waals surface area (Å²) in [4.78, 5) is 38.4. The number of aliphatic carboxylic acids is 1. The molecule has 2 aliphatic rings. The normalized spacial score (nSPS) is 17.9. The highest BCUT2D eigenvalue weighted by Crippen LogP contribution is 2.44. The van der Waals surface area contributed by atoms with E-state index in [1.54, 1.807) is 4.90 Å². The first-order chi connectivity index (χ1) is 17.0. The molecule has 1 unspecified atom stereocenters. The lowest BCUT2D eigenvalue weighted by atomic mass is 9.94. The SMILES string of the molecule is CCC[C@H](CC(=O)N1CCCC(CC(=O)O)C1)NC(=O)OCC1c2ccccc2-c2ccccc21. The van der Waals surface area contributed by atoms with Crippen LogP contribution in [-0.4, -0.2) is 53.7 Å². The van der Waals surface area contributed by atoms with Gasteiger partial charge in [-0.05, 0) is 47.4 Å². The van der Waals surface area contributed by atoms with E-state index in [0.717, 1.165) is 30.4 Å². The summed E-state index contributed by atoms with van der Waals surface area (Å²) < 4.78 is 5.66. The van der Waals surface area contributed by atoms with Gasteiger partial charge in [0, 0.05) is 37.9 Å². The van der Waals surface area contributed by atoms with Gasteiger partial charge in [-0.25, -0.2) is 4.79 Å². The summed E-state index contributed by atoms with van der Waals surface area (Å²) in [6.45, 7) is 3.35. The molecule has 1 aliphatic carbocycles. The van der Waals surface area contributed by atoms with E-state index >= 15 is 0 Å². The third kappa shape index (κ3) is 6.02. The number of fused-ring (bicyclic) bond motifs is 3. The lowest BCUT2D eigenvalue weighted by Crippen LogP contribution is -2.44. The molecule has 0 aromatic heterocycles. The third-order valence-corrected chi connectivity index (χ3v) is 7.06. The first-order valence-corrected chi connectivity index (χ1v) is 12.6. The number of carboxylic acid groups (broad SMARTS) is 1. The summed E-state index contributed by atoms with van der Waals surface area (Å²) in [6, 6.07) is 16.1. The molecular formula is C28H34N2O5. The Morgan fingerprint density at radius 1 is 1.09 bits per heavy atom. The second-order valence-electron chi connectivity index (χ2n) is 9.61. The summed E-state index contributed by atoms with van der Waals surface area (Å²) in [7, 11) is 0. The monoisotopic (exact) mass is 478 g/mol. The van der Waals surface area contributed by atoms with Crippen LogP contribution in [0.1, 0.15) is 62.5 Å². The van der Waals surface area contributed by atoms with Gasteiger partial charge in [0.05, 0.1) is 0 Å². The molecule has 1 aliphatic heterocycles. The number of benzene rings is 2. The van der Waals surface area contributed by atoms with Crippen molar-refractivity contribution >= 4 is 18.0 Å². The highest BCUT2D eigenvalue weighted by atomic mass is 16.5. The molecule has 7 nitrogen and oxygen atoms in total. The maximum Gasteiger partial charge on any atom is 0.407 e. The number of likely N-dealkylation sites (tertiary alicyclic amines) is 1. The Labute approximate surface area is 206 Å². The summed E-state index contributed by atoms with van der Waals surface area (Å²) in [5.74, 6) is -0.897. The fraction of sp³-hybridized carbons (Fsp3) is 0.464. The number of amides is 2. The maximum atomic E-state index is 12.9. The molecule has 0 saturated carbocycles. The Bertz CT molecular complexity index is 1020. The molecule has 0 spiro atoms. The number of ether oxygens (including phenoxy) is 1. The van der Waals surface area contributed by atoms with Crippen molar-refractivity contribution in [2.45, 2.75) is 57.4 Å². The number of carbonyl (C=O) groups excluding carboxylic acids is 2. The number of carboxylic acids is 1. The molecule has 4 rings (SSSR count). The molecule has 2 aromatic carbocycles. The Hall–Kier alpha value is -3.35. The number of hydrogen-bond acceptors (Lipinski definition) is 4. The van der Waals surface area contributed by atoms with E-state index in [-0.39, 0.29) is 43.2 Å². The molecule has 1 saturated heterocycles. The minimum Gasteiger partial charge on any atom is -0.481 e. The molecule has 2 amide bonds. The van der Waals surface area contributed by atoms with Gasteiger partial charge >= 0.3 is 12.1 Å². The van der Waals surface area contributed by atoms with Crippen LogP contribution in [0.3, 0.4) is 0 Å². The minimum absolute atomic E-state index is 0.00934. The van der Waals surface area contributed by atoms with Crippen LogP contribution in [-0.2, 0) is 14.3 Å². The first kappa shape index (κ1) is 24.8. The highest BCUT2D eigenvalue weighted by molar-refractivity contribution is 5.80. The van der Waals surface area contributed by atoms with E-state index in [4.69, 9.17) is 9.84 Å². The summed E-state index contributed by atoms with van der Waals surface area (Å²) in [5.41, 5.74) is 4.66. The van der Waals surface area contributed by atoms with E-state index in [9.17, 15) is 14.4 Å². The predicted molar refractivity (Wildman–Crippen MR) is 133 cm³/mol. The standard InChI is InChI=1S/C28H34N2O5/c1-2-8-20(16-26(31)30-14-7-9-19(17-30)15-27(32)33)29-28(34)35-18-25-23-12-5-3-10-21(23)22-11-4-6-13-24(22)25/h3-6,10-13,19-20,25H,2,7-9,14-18H2,1H3,(H,29,34)(H,32,33)/t19?,20-/m1/s1. The van der Waals surface area contributed by atoms with Crippen LogP contribution < -0.4 is 5.32 Å². The molecule has 1 heterocycles. The Balaban J connectivity index is 1.33. The topological polar surface area (TPSA) is 95.9 Å². The lowest BCUT2D eigenvalue weighted by molar-refractivity contribution is -0.140. The van der Waals surface area contributed by atoms with Crippen molar-refractivity contribution in [1.29, 1.82) is 0 Å². The van der Waals surface area contributed by atoms with Gasteiger partial charge in [0.1, 0.15) is 6.61 Å². The van der Waals surface area contributed by atoms with Crippen molar-refractivity contribution in [3.05, 3.63) is 59.7 Å². The molecule has 7 heteroatoms. The number of rotatable bonds is 9. The quantitative estimate of drug-likeness (QED) is 0.540. The number of nitrogens with one attached hydrogen (secondary N) is 1. The Morgan fingerprint density at radius 2 is 1.74 bits per heavy atom. The van der Waals surface area contributed by atoms with Gasteiger partial charge in [-0.3, -0.25) is 9.59 Å². The van der Waals surface area contributed by atoms with Crippen molar-refractivity contribution in [1.82, 2.24) is 10.2 Å². The summed E-state index contributed by atoms with van der Waals surface area (Å²) >= 11 is 0. The van der Waals surface area contributed by atoms with Crippen LogP contribution >= 0.6 is 0 Å². The van der Waals surface area contributed by atoms with E-state index in [1.165, 1.54) is 11.1 Å². The zero-order chi connectivity index (χ0) is 24.8. The molecule has 2 aromatic rings. The third-order valence-electron chi connectivity index (χ3n) is 7.06. The number of alkyl carbamates (subject to hydrolysis) is 1. The zero-order valence-electron chi connectivity index (χ0n) is 20.2. The van der Waals surface area contributed by atoms with E-state index < -0.39 is 12.1 Å². The maximum absolute atomic E-state index is 12.9. The minimum atomic E-state index is -0.829. The van der Waals surface area contributed by atoms with Crippen LogP contribution in [0.25, 0.3) is 11.1 Å². The van der Waals surface area contributed by atoms with Crippen molar-refractivity contribution in [2.24, 2.45) is 5.92 Å². The van der Waals surface area contributed by atoms with Crippen molar-refractivity contribution in [2.75, 3.05) is 19.7 Å². The van der Waals surface area contributed by atoms with Crippen molar-refractivity contribution in [3.8, 4) is 11.1 Å². The van der Waals surface area contributed by atoms with Gasteiger partial charge in [-0.15, -0.1) is 0 Å². The average Bonchev–Trinajstić information content (AvgIpc) is 3.16.